The molecule has 1 aromatic rings. The molecule has 0 radical (unpaired) electrons. The summed E-state index contributed by atoms with van der Waals surface area (Å²) in [5, 5.41) is 2.84. The summed E-state index contributed by atoms with van der Waals surface area (Å²) in [4.78, 5) is 25.7. The summed E-state index contributed by atoms with van der Waals surface area (Å²) < 4.78 is 4.62. The number of allylic oxidation sites excluding steroid dienone is 1. The predicted octanol–water partition coefficient (Wildman–Crippen LogP) is 2.00. The molecule has 1 rings (SSSR count). The Hall–Kier alpha value is -2.56. The minimum absolute atomic E-state index is 0.0227. The summed E-state index contributed by atoms with van der Waals surface area (Å²) in [6.07, 6.45) is 4.42. The molecule has 22 heavy (non-hydrogen) atoms. The first-order valence-corrected chi connectivity index (χ1v) is 7.01. The van der Waals surface area contributed by atoms with Gasteiger partial charge in [0, 0.05) is 32.5 Å². The van der Waals surface area contributed by atoms with Crippen molar-refractivity contribution in [1.29, 1.82) is 0 Å². The van der Waals surface area contributed by atoms with Crippen LogP contribution in [0.4, 0.5) is 5.69 Å². The lowest BCUT2D eigenvalue weighted by Gasteiger charge is -2.11. The van der Waals surface area contributed by atoms with E-state index in [4.69, 9.17) is 0 Å². The number of nitrogens with zero attached hydrogens (tertiary/aromatic N) is 1. The lowest BCUT2D eigenvalue weighted by atomic mass is 10.1. The molecule has 0 saturated carbocycles. The summed E-state index contributed by atoms with van der Waals surface area (Å²) >= 11 is 0. The summed E-state index contributed by atoms with van der Waals surface area (Å²) in [6, 6.07) is 7.73. The van der Waals surface area contributed by atoms with Crippen LogP contribution in [-0.2, 0) is 14.3 Å². The van der Waals surface area contributed by atoms with E-state index in [1.807, 2.05) is 50.2 Å². The zero-order valence-corrected chi connectivity index (χ0v) is 13.4. The Balaban J connectivity index is 2.86. The second kappa shape index (κ2) is 8.67. The molecule has 1 N–H and O–H groups in total. The number of carbonyl (C=O) groups excluding carboxylic acids is 2. The maximum atomic E-state index is 12.1. The van der Waals surface area contributed by atoms with Crippen molar-refractivity contribution in [2.24, 2.45) is 0 Å². The molecule has 5 heteroatoms. The second-order valence-corrected chi connectivity index (χ2v) is 4.79. The largest absolute Gasteiger partial charge is 0.465 e. The number of ether oxygens (including phenoxy) is 1. The first-order chi connectivity index (χ1) is 10.5. The molecule has 0 aliphatic rings. The Labute approximate surface area is 131 Å². The van der Waals surface area contributed by atoms with Crippen LogP contribution in [0.5, 0.6) is 0 Å². The number of methoxy groups -OCH3 is 1. The van der Waals surface area contributed by atoms with Gasteiger partial charge in [-0.3, -0.25) is 4.79 Å². The van der Waals surface area contributed by atoms with Gasteiger partial charge in [-0.05, 0) is 30.7 Å². The maximum absolute atomic E-state index is 12.1. The second-order valence-electron chi connectivity index (χ2n) is 4.79. The Kier molecular flexibility index (Phi) is 6.89. The molecule has 0 saturated heterocycles. The minimum atomic E-state index is -0.654. The van der Waals surface area contributed by atoms with Gasteiger partial charge in [0.25, 0.3) is 0 Å². The van der Waals surface area contributed by atoms with Gasteiger partial charge in [-0.2, -0.15) is 0 Å². The van der Waals surface area contributed by atoms with Crippen molar-refractivity contribution in [1.82, 2.24) is 5.32 Å². The van der Waals surface area contributed by atoms with E-state index in [2.05, 4.69) is 10.1 Å². The molecular weight excluding hydrogens is 280 g/mol. The standard InChI is InChI=1S/C17H22N2O3/c1-5-18-12-15(17(21)22-4)16(20)11-8-13-6-9-14(10-7-13)19(2)3/h6-12,18H,5H2,1-4H3. The van der Waals surface area contributed by atoms with Gasteiger partial charge in [-0.1, -0.05) is 18.2 Å². The van der Waals surface area contributed by atoms with Gasteiger partial charge in [0.2, 0.25) is 0 Å². The number of esters is 1. The highest BCUT2D eigenvalue weighted by Gasteiger charge is 2.16. The molecule has 0 aliphatic carbocycles. The average molecular weight is 302 g/mol. The van der Waals surface area contributed by atoms with E-state index in [0.29, 0.717) is 6.54 Å². The monoisotopic (exact) mass is 302 g/mol. The number of benzene rings is 1. The van der Waals surface area contributed by atoms with Crippen LogP contribution in [-0.4, -0.2) is 39.5 Å². The van der Waals surface area contributed by atoms with Crippen LogP contribution < -0.4 is 10.2 Å². The average Bonchev–Trinajstić information content (AvgIpc) is 2.53. The van der Waals surface area contributed by atoms with E-state index in [1.54, 1.807) is 6.08 Å². The highest BCUT2D eigenvalue weighted by molar-refractivity contribution is 6.22. The lowest BCUT2D eigenvalue weighted by Crippen LogP contribution is -2.17. The number of ketones is 1. The predicted molar refractivity (Wildman–Crippen MR) is 88.6 cm³/mol. The van der Waals surface area contributed by atoms with Crippen molar-refractivity contribution < 1.29 is 14.3 Å². The molecule has 1 aromatic carbocycles. The van der Waals surface area contributed by atoms with Crippen LogP contribution in [0.15, 0.2) is 42.1 Å². The molecule has 0 aromatic heterocycles. The van der Waals surface area contributed by atoms with Crippen LogP contribution in [0.1, 0.15) is 12.5 Å². The zero-order chi connectivity index (χ0) is 16.5. The van der Waals surface area contributed by atoms with Gasteiger partial charge in [0.15, 0.2) is 5.78 Å². The first kappa shape index (κ1) is 17.5. The lowest BCUT2D eigenvalue weighted by molar-refractivity contribution is -0.137. The Morgan fingerprint density at radius 2 is 1.86 bits per heavy atom. The van der Waals surface area contributed by atoms with E-state index in [0.717, 1.165) is 11.3 Å². The minimum Gasteiger partial charge on any atom is -0.465 e. The molecule has 0 unspecified atom stereocenters. The van der Waals surface area contributed by atoms with Gasteiger partial charge in [0.1, 0.15) is 5.57 Å². The summed E-state index contributed by atoms with van der Waals surface area (Å²) in [5.74, 6) is -1.05. The van der Waals surface area contributed by atoms with Crippen LogP contribution in [0, 0.1) is 0 Å². The Bertz CT molecular complexity index is 572. The molecule has 0 heterocycles. The topological polar surface area (TPSA) is 58.6 Å². The van der Waals surface area contributed by atoms with E-state index >= 15 is 0 Å². The summed E-state index contributed by atoms with van der Waals surface area (Å²) in [6.45, 7) is 2.49. The number of rotatable bonds is 7. The summed E-state index contributed by atoms with van der Waals surface area (Å²) in [7, 11) is 5.17. The van der Waals surface area contributed by atoms with Crippen molar-refractivity contribution >= 4 is 23.5 Å². The zero-order valence-electron chi connectivity index (χ0n) is 13.4. The molecular formula is C17H22N2O3. The van der Waals surface area contributed by atoms with Gasteiger partial charge in [-0.15, -0.1) is 0 Å². The fourth-order valence-electron chi connectivity index (χ4n) is 1.69. The van der Waals surface area contributed by atoms with Crippen molar-refractivity contribution in [3.8, 4) is 0 Å². The van der Waals surface area contributed by atoms with E-state index in [1.165, 1.54) is 19.4 Å². The van der Waals surface area contributed by atoms with Crippen molar-refractivity contribution in [2.75, 3.05) is 32.6 Å². The van der Waals surface area contributed by atoms with Crippen molar-refractivity contribution in [2.45, 2.75) is 6.92 Å². The maximum Gasteiger partial charge on any atom is 0.343 e. The fourth-order valence-corrected chi connectivity index (χ4v) is 1.69. The summed E-state index contributed by atoms with van der Waals surface area (Å²) in [5.41, 5.74) is 1.93. The molecule has 0 fully saturated rings. The van der Waals surface area contributed by atoms with Crippen LogP contribution >= 0.6 is 0 Å². The van der Waals surface area contributed by atoms with Gasteiger partial charge in [-0.25, -0.2) is 4.79 Å². The smallest absolute Gasteiger partial charge is 0.343 e. The Morgan fingerprint density at radius 3 is 2.36 bits per heavy atom. The van der Waals surface area contributed by atoms with Gasteiger partial charge < -0.3 is 15.0 Å². The van der Waals surface area contributed by atoms with Crippen LogP contribution in [0.3, 0.4) is 0 Å². The van der Waals surface area contributed by atoms with Crippen molar-refractivity contribution in [3.63, 3.8) is 0 Å². The number of hydrogen-bond acceptors (Lipinski definition) is 5. The number of nitrogens with one attached hydrogen (secondary N) is 1. The van der Waals surface area contributed by atoms with Crippen LogP contribution in [0.2, 0.25) is 0 Å². The third-order valence-electron chi connectivity index (χ3n) is 2.96. The highest BCUT2D eigenvalue weighted by Crippen LogP contribution is 2.13. The normalized spacial score (nSPS) is 11.4. The molecule has 0 aliphatic heterocycles. The van der Waals surface area contributed by atoms with Crippen molar-refractivity contribution in [3.05, 3.63) is 47.7 Å². The van der Waals surface area contributed by atoms with Crippen LogP contribution in [0.25, 0.3) is 6.08 Å². The fraction of sp³-hybridized carbons (Fsp3) is 0.294. The van der Waals surface area contributed by atoms with E-state index in [-0.39, 0.29) is 5.57 Å². The number of anilines is 1. The molecule has 118 valence electrons. The van der Waals surface area contributed by atoms with E-state index in [9.17, 15) is 9.59 Å². The molecule has 0 bridgehead atoms. The third kappa shape index (κ3) is 5.09. The van der Waals surface area contributed by atoms with Gasteiger partial charge >= 0.3 is 5.97 Å². The Morgan fingerprint density at radius 1 is 1.23 bits per heavy atom. The SMILES string of the molecule is CCNC=C(C(=O)C=Cc1ccc(N(C)C)cc1)C(=O)OC. The first-order valence-electron chi connectivity index (χ1n) is 7.01. The number of carbonyl (C=O) groups is 2. The molecule has 0 spiro atoms. The van der Waals surface area contributed by atoms with Gasteiger partial charge in [0.05, 0.1) is 7.11 Å². The molecule has 5 nitrogen and oxygen atoms in total. The number of hydrogen-bond donors (Lipinski definition) is 1. The quantitative estimate of drug-likeness (QED) is 0.361. The third-order valence-corrected chi connectivity index (χ3v) is 2.96. The van der Waals surface area contributed by atoms with E-state index < -0.39 is 11.8 Å². The highest BCUT2D eigenvalue weighted by atomic mass is 16.5. The molecule has 0 amide bonds. The molecule has 0 atom stereocenters.